The molecular weight excluding hydrogens is 432 g/mol. The number of rotatable bonds is 4. The second-order valence-corrected chi connectivity index (χ2v) is 10.2. The van der Waals surface area contributed by atoms with Gasteiger partial charge in [-0.2, -0.15) is 0 Å². The number of carbonyl (C=O) groups is 3. The van der Waals surface area contributed by atoms with Crippen LogP contribution in [0.3, 0.4) is 0 Å². The van der Waals surface area contributed by atoms with Gasteiger partial charge in [0.2, 0.25) is 11.8 Å². The number of furan rings is 1. The van der Waals surface area contributed by atoms with Crippen molar-refractivity contribution in [3.05, 3.63) is 66.1 Å². The van der Waals surface area contributed by atoms with Crippen LogP contribution < -0.4 is 5.32 Å². The zero-order valence-electron chi connectivity index (χ0n) is 19.4. The number of Topliss-reactive ketones (excluding diaryl/α,β-unsaturated/α-hetero) is 1. The summed E-state index contributed by atoms with van der Waals surface area (Å²) in [5.41, 5.74) is 0.898. The molecule has 5 heterocycles. The van der Waals surface area contributed by atoms with E-state index in [1.54, 1.807) is 23.3 Å². The molecule has 1 aromatic carbocycles. The van der Waals surface area contributed by atoms with Crippen molar-refractivity contribution in [3.63, 3.8) is 0 Å². The van der Waals surface area contributed by atoms with E-state index in [0.29, 0.717) is 17.4 Å². The van der Waals surface area contributed by atoms with E-state index >= 15 is 0 Å². The van der Waals surface area contributed by atoms with Crippen molar-refractivity contribution in [2.24, 2.45) is 17.8 Å². The Kier molecular flexibility index (Phi) is 4.65. The fourth-order valence-corrected chi connectivity index (χ4v) is 6.44. The Morgan fingerprint density at radius 2 is 1.94 bits per heavy atom. The zero-order valence-corrected chi connectivity index (χ0v) is 19.4. The number of anilines is 1. The van der Waals surface area contributed by atoms with Gasteiger partial charge in [-0.05, 0) is 35.7 Å². The van der Waals surface area contributed by atoms with Crippen LogP contribution >= 0.6 is 0 Å². The molecule has 176 valence electrons. The van der Waals surface area contributed by atoms with Gasteiger partial charge >= 0.3 is 0 Å². The van der Waals surface area contributed by atoms with Crippen molar-refractivity contribution in [1.82, 2.24) is 4.90 Å². The van der Waals surface area contributed by atoms with Crippen LogP contribution in [0.15, 0.2) is 59.2 Å². The number of carbonyl (C=O) groups excluding carboxylic acids is 3. The zero-order chi connectivity index (χ0) is 23.8. The molecule has 4 aliphatic heterocycles. The Morgan fingerprint density at radius 3 is 2.62 bits per heavy atom. The first-order chi connectivity index (χ1) is 16.3. The van der Waals surface area contributed by atoms with Gasteiger partial charge in [0.15, 0.2) is 0 Å². The van der Waals surface area contributed by atoms with Crippen molar-refractivity contribution in [2.75, 3.05) is 5.32 Å². The first kappa shape index (κ1) is 21.4. The highest BCUT2D eigenvalue weighted by molar-refractivity contribution is 6.00. The molecule has 1 N–H and O–H groups in total. The van der Waals surface area contributed by atoms with Crippen LogP contribution in [0.5, 0.6) is 0 Å². The van der Waals surface area contributed by atoms with Crippen molar-refractivity contribution < 1.29 is 23.5 Å². The lowest BCUT2D eigenvalue weighted by Crippen LogP contribution is -2.55. The van der Waals surface area contributed by atoms with Gasteiger partial charge in [-0.15, -0.1) is 0 Å². The van der Waals surface area contributed by atoms with Crippen LogP contribution in [0.1, 0.15) is 50.5 Å². The fraction of sp³-hybridized carbons (Fsp3) is 0.444. The standard InChI is InChI=1S/C27H28N2O5/c1-14(2)16-6-8-17(9-7-16)28-25(31)22-21-10-11-27(34-21)23(22)26(32)29-18(20-5-4-12-33-20)13-19(30)15(3)24(27)29/h4-12,14-15,18,21-24H,13H2,1-3H3,(H,28,31)/t15-,18+,21+,22+,23-,24+,27-/m0/s1. The maximum Gasteiger partial charge on any atom is 0.231 e. The molecule has 0 radical (unpaired) electrons. The molecule has 0 saturated carbocycles. The van der Waals surface area contributed by atoms with Crippen LogP contribution in [0.2, 0.25) is 0 Å². The van der Waals surface area contributed by atoms with Crippen molar-refractivity contribution in [2.45, 2.75) is 56.9 Å². The number of amides is 2. The van der Waals surface area contributed by atoms with Crippen LogP contribution in [0.4, 0.5) is 5.69 Å². The molecule has 1 aromatic heterocycles. The molecule has 2 amide bonds. The smallest absolute Gasteiger partial charge is 0.231 e. The Hall–Kier alpha value is -3.19. The van der Waals surface area contributed by atoms with E-state index in [1.807, 2.05) is 43.3 Å². The van der Waals surface area contributed by atoms with E-state index in [0.717, 1.165) is 0 Å². The predicted octanol–water partition coefficient (Wildman–Crippen LogP) is 3.84. The maximum atomic E-state index is 13.9. The molecule has 0 unspecified atom stereocenters. The summed E-state index contributed by atoms with van der Waals surface area (Å²) in [5.74, 6) is -1.05. The summed E-state index contributed by atoms with van der Waals surface area (Å²) in [6.07, 6.45) is 5.06. The number of ether oxygens (including phenoxy) is 1. The minimum absolute atomic E-state index is 0.0732. The SMILES string of the molecule is CC(C)c1ccc(NC(=O)[C@H]2[C@H]3C(=O)N4[C@@H](c5ccco5)CC(=O)[C@H](C)[C@@H]4[C@]34C=C[C@H]2O4)cc1. The number of hydrogen-bond donors (Lipinski definition) is 1. The highest BCUT2D eigenvalue weighted by atomic mass is 16.5. The monoisotopic (exact) mass is 460 g/mol. The number of piperidine rings is 1. The second kappa shape index (κ2) is 7.40. The number of benzene rings is 1. The normalized spacial score (nSPS) is 35.7. The van der Waals surface area contributed by atoms with E-state index < -0.39 is 41.5 Å². The number of fused-ring (bicyclic) bond motifs is 2. The molecule has 3 fully saturated rings. The minimum atomic E-state index is -0.981. The van der Waals surface area contributed by atoms with Crippen LogP contribution in [0.25, 0.3) is 0 Å². The van der Waals surface area contributed by atoms with E-state index in [-0.39, 0.29) is 24.0 Å². The molecule has 7 nitrogen and oxygen atoms in total. The van der Waals surface area contributed by atoms with Crippen LogP contribution in [0, 0.1) is 17.8 Å². The lowest BCUT2D eigenvalue weighted by Gasteiger charge is -2.43. The highest BCUT2D eigenvalue weighted by Crippen LogP contribution is 2.60. The van der Waals surface area contributed by atoms with Crippen molar-refractivity contribution >= 4 is 23.3 Å². The van der Waals surface area contributed by atoms with Gasteiger partial charge in [-0.3, -0.25) is 14.4 Å². The van der Waals surface area contributed by atoms with Crippen LogP contribution in [-0.2, 0) is 19.1 Å². The summed E-state index contributed by atoms with van der Waals surface area (Å²) in [7, 11) is 0. The molecule has 7 atom stereocenters. The molecule has 3 saturated heterocycles. The van der Waals surface area contributed by atoms with Gasteiger partial charge in [0.1, 0.15) is 17.1 Å². The van der Waals surface area contributed by atoms with E-state index in [9.17, 15) is 14.4 Å². The quantitative estimate of drug-likeness (QED) is 0.701. The average Bonchev–Trinajstić information content (AvgIpc) is 3.59. The van der Waals surface area contributed by atoms with Gasteiger partial charge in [-0.1, -0.05) is 45.1 Å². The van der Waals surface area contributed by atoms with Gasteiger partial charge in [0.25, 0.3) is 0 Å². The first-order valence-corrected chi connectivity index (χ1v) is 12.0. The van der Waals surface area contributed by atoms with Crippen molar-refractivity contribution in [3.8, 4) is 0 Å². The third-order valence-corrected chi connectivity index (χ3v) is 8.10. The van der Waals surface area contributed by atoms with Gasteiger partial charge < -0.3 is 19.4 Å². The highest BCUT2D eigenvalue weighted by Gasteiger charge is 2.74. The van der Waals surface area contributed by atoms with Crippen LogP contribution in [-0.4, -0.2) is 40.2 Å². The summed E-state index contributed by atoms with van der Waals surface area (Å²) in [4.78, 5) is 42.2. The second-order valence-electron chi connectivity index (χ2n) is 10.2. The first-order valence-electron chi connectivity index (χ1n) is 12.0. The topological polar surface area (TPSA) is 88.9 Å². The molecule has 34 heavy (non-hydrogen) atoms. The van der Waals surface area contributed by atoms with E-state index in [1.165, 1.54) is 5.56 Å². The number of nitrogens with zero attached hydrogens (tertiary/aromatic N) is 1. The lowest BCUT2D eigenvalue weighted by molar-refractivity contribution is -0.147. The predicted molar refractivity (Wildman–Crippen MR) is 124 cm³/mol. The van der Waals surface area contributed by atoms with Gasteiger partial charge in [-0.25, -0.2) is 0 Å². The number of nitrogens with one attached hydrogen (secondary N) is 1. The Balaban J connectivity index is 1.34. The van der Waals surface area contributed by atoms with Crippen molar-refractivity contribution in [1.29, 1.82) is 0 Å². The minimum Gasteiger partial charge on any atom is -0.467 e. The maximum absolute atomic E-state index is 13.9. The summed E-state index contributed by atoms with van der Waals surface area (Å²) >= 11 is 0. The number of hydrogen-bond acceptors (Lipinski definition) is 5. The Labute approximate surface area is 198 Å². The third kappa shape index (κ3) is 2.83. The molecule has 0 aliphatic carbocycles. The Morgan fingerprint density at radius 1 is 1.18 bits per heavy atom. The van der Waals surface area contributed by atoms with Gasteiger partial charge in [0.05, 0.1) is 36.3 Å². The van der Waals surface area contributed by atoms with E-state index in [2.05, 4.69) is 19.2 Å². The Bertz CT molecular complexity index is 1180. The molecule has 2 aromatic rings. The fourth-order valence-electron chi connectivity index (χ4n) is 6.44. The molecule has 1 spiro atoms. The van der Waals surface area contributed by atoms with E-state index in [4.69, 9.17) is 9.15 Å². The number of ketones is 1. The molecule has 7 heteroatoms. The average molecular weight is 461 g/mol. The molecule has 4 aliphatic rings. The third-order valence-electron chi connectivity index (χ3n) is 8.10. The summed E-state index contributed by atoms with van der Waals surface area (Å²) < 4.78 is 12.0. The summed E-state index contributed by atoms with van der Waals surface area (Å²) in [5, 5.41) is 3.00. The lowest BCUT2D eigenvalue weighted by atomic mass is 9.70. The molecule has 6 rings (SSSR count). The van der Waals surface area contributed by atoms with Gasteiger partial charge in [0, 0.05) is 18.0 Å². The summed E-state index contributed by atoms with van der Waals surface area (Å²) in [6, 6.07) is 10.4. The largest absolute Gasteiger partial charge is 0.467 e. The summed E-state index contributed by atoms with van der Waals surface area (Å²) in [6.45, 7) is 6.10. The molecule has 2 bridgehead atoms. The molecular formula is C27H28N2O5.